The van der Waals surface area contributed by atoms with Crippen LogP contribution in [0.3, 0.4) is 0 Å². The Kier molecular flexibility index (Phi) is 6.35. The van der Waals surface area contributed by atoms with Crippen LogP contribution in [0.15, 0.2) is 97.3 Å². The van der Waals surface area contributed by atoms with Crippen molar-refractivity contribution in [2.24, 2.45) is 0 Å². The van der Waals surface area contributed by atoms with Crippen LogP contribution in [0.25, 0.3) is 0 Å². The summed E-state index contributed by atoms with van der Waals surface area (Å²) in [5.74, 6) is 0.231. The van der Waals surface area contributed by atoms with E-state index in [0.29, 0.717) is 0 Å². The van der Waals surface area contributed by atoms with Gasteiger partial charge in [-0.05, 0) is 23.1 Å². The van der Waals surface area contributed by atoms with E-state index in [1.807, 2.05) is 91.0 Å². The first-order valence-corrected chi connectivity index (χ1v) is 12.0. The van der Waals surface area contributed by atoms with Crippen LogP contribution in [0, 0.1) is 0 Å². The molecule has 0 saturated carbocycles. The second kappa shape index (κ2) is 9.18. The third kappa shape index (κ3) is 4.29. The first-order chi connectivity index (χ1) is 15.4. The molecule has 1 unspecified atom stereocenters. The van der Waals surface area contributed by atoms with Crippen LogP contribution in [-0.4, -0.2) is 35.8 Å². The number of hydrogen-bond donors (Lipinski definition) is 3. The molecule has 7 nitrogen and oxygen atoms in total. The Morgan fingerprint density at radius 1 is 0.812 bits per heavy atom. The van der Waals surface area contributed by atoms with Gasteiger partial charge >= 0.3 is 7.60 Å². The van der Waals surface area contributed by atoms with Crippen LogP contribution in [0.4, 0.5) is 0 Å². The Morgan fingerprint density at radius 3 is 1.66 bits per heavy atom. The first-order valence-electron chi connectivity index (χ1n) is 10.2. The minimum Gasteiger partial charge on any atom is -0.385 e. The summed E-state index contributed by atoms with van der Waals surface area (Å²) in [4.78, 5) is 22.9. The molecule has 0 bridgehead atoms. The number of hydrogen-bond acceptors (Lipinski definition) is 4. The fourth-order valence-corrected chi connectivity index (χ4v) is 4.64. The summed E-state index contributed by atoms with van der Waals surface area (Å²) in [6.45, 7) is 0. The summed E-state index contributed by atoms with van der Waals surface area (Å²) < 4.78 is 13.1. The topological polar surface area (TPSA) is 108 Å². The summed E-state index contributed by atoms with van der Waals surface area (Å²) in [7, 11) is -4.27. The standard InChI is InChI=1S/C24H24N3O4P/c28-22(16-17-32(29,30)31)23-25-18-26-27(23)24(19-10-4-1-5-11-19,20-12-6-2-7-13-20)21-14-8-3-9-15-21/h1-15,18,22,28H,16-17H2,(H2,29,30,31). The SMILES string of the molecule is O=P(O)(O)CCC(O)c1ncnn1C(c1ccccc1)(c1ccccc1)c1ccccc1. The molecular formula is C24H24N3O4P. The van der Waals surface area contributed by atoms with Crippen molar-refractivity contribution in [2.75, 3.05) is 6.16 Å². The second-order valence-corrected chi connectivity index (χ2v) is 9.31. The molecule has 32 heavy (non-hydrogen) atoms. The fourth-order valence-electron chi connectivity index (χ4n) is 4.06. The summed E-state index contributed by atoms with van der Waals surface area (Å²) in [5, 5.41) is 15.4. The van der Waals surface area contributed by atoms with Crippen LogP contribution in [0.2, 0.25) is 0 Å². The highest BCUT2D eigenvalue weighted by Gasteiger charge is 2.42. The van der Waals surface area contributed by atoms with E-state index in [2.05, 4.69) is 10.1 Å². The number of nitrogens with zero attached hydrogens (tertiary/aromatic N) is 3. The lowest BCUT2D eigenvalue weighted by molar-refractivity contribution is 0.151. The Hall–Kier alpha value is -3.09. The second-order valence-electron chi connectivity index (χ2n) is 7.53. The van der Waals surface area contributed by atoms with Gasteiger partial charge in [-0.2, -0.15) is 5.10 Å². The molecule has 8 heteroatoms. The van der Waals surface area contributed by atoms with Crippen molar-refractivity contribution in [3.05, 3.63) is 120 Å². The van der Waals surface area contributed by atoms with Gasteiger partial charge in [0.25, 0.3) is 0 Å². The molecule has 3 aromatic carbocycles. The van der Waals surface area contributed by atoms with Gasteiger partial charge in [-0.15, -0.1) is 0 Å². The van der Waals surface area contributed by atoms with Crippen molar-refractivity contribution in [1.82, 2.24) is 14.8 Å². The van der Waals surface area contributed by atoms with Crippen LogP contribution < -0.4 is 0 Å². The smallest absolute Gasteiger partial charge is 0.325 e. The van der Waals surface area contributed by atoms with Crippen molar-refractivity contribution >= 4 is 7.60 Å². The lowest BCUT2D eigenvalue weighted by atomic mass is 9.77. The summed E-state index contributed by atoms with van der Waals surface area (Å²) >= 11 is 0. The number of aliphatic hydroxyl groups is 1. The van der Waals surface area contributed by atoms with Crippen LogP contribution in [-0.2, 0) is 10.1 Å². The Morgan fingerprint density at radius 2 is 1.25 bits per heavy atom. The highest BCUT2D eigenvalue weighted by molar-refractivity contribution is 7.51. The van der Waals surface area contributed by atoms with Gasteiger partial charge in [0.2, 0.25) is 0 Å². The van der Waals surface area contributed by atoms with E-state index in [4.69, 9.17) is 0 Å². The van der Waals surface area contributed by atoms with Crippen molar-refractivity contribution in [1.29, 1.82) is 0 Å². The summed E-state index contributed by atoms with van der Waals surface area (Å²) in [6.07, 6.45) is -0.437. The van der Waals surface area contributed by atoms with Crippen molar-refractivity contribution in [3.8, 4) is 0 Å². The van der Waals surface area contributed by atoms with Crippen molar-refractivity contribution in [2.45, 2.75) is 18.1 Å². The molecule has 0 spiro atoms. The Bertz CT molecular complexity index is 1100. The van der Waals surface area contributed by atoms with E-state index >= 15 is 0 Å². The quantitative estimate of drug-likeness (QED) is 0.280. The molecule has 3 N–H and O–H groups in total. The molecular weight excluding hydrogens is 425 g/mol. The van der Waals surface area contributed by atoms with Crippen LogP contribution in [0.1, 0.15) is 35.0 Å². The average molecular weight is 449 g/mol. The van der Waals surface area contributed by atoms with Crippen molar-refractivity contribution in [3.63, 3.8) is 0 Å². The molecule has 0 aliphatic heterocycles. The maximum absolute atomic E-state index is 11.4. The molecule has 164 valence electrons. The zero-order valence-electron chi connectivity index (χ0n) is 17.3. The molecule has 4 rings (SSSR count). The van der Waals surface area contributed by atoms with Gasteiger partial charge in [-0.1, -0.05) is 91.0 Å². The number of aliphatic hydroxyl groups excluding tert-OH is 1. The predicted molar refractivity (Wildman–Crippen MR) is 121 cm³/mol. The normalized spacial score (nSPS) is 13.1. The van der Waals surface area contributed by atoms with E-state index < -0.39 is 25.4 Å². The molecule has 0 fully saturated rings. The lowest BCUT2D eigenvalue weighted by Gasteiger charge is -2.37. The van der Waals surface area contributed by atoms with E-state index in [9.17, 15) is 19.5 Å². The molecule has 4 aromatic rings. The molecule has 0 saturated heterocycles. The monoisotopic (exact) mass is 449 g/mol. The number of aromatic nitrogens is 3. The molecule has 1 aromatic heterocycles. The van der Waals surface area contributed by atoms with Gasteiger partial charge in [0.15, 0.2) is 5.82 Å². The Labute approximate surface area is 186 Å². The summed E-state index contributed by atoms with van der Waals surface area (Å²) in [6, 6.07) is 29.4. The van der Waals surface area contributed by atoms with Gasteiger partial charge in [-0.3, -0.25) is 4.57 Å². The first kappa shape index (κ1) is 22.1. The van der Waals surface area contributed by atoms with E-state index in [1.165, 1.54) is 6.33 Å². The molecule has 1 heterocycles. The largest absolute Gasteiger partial charge is 0.385 e. The highest BCUT2D eigenvalue weighted by atomic mass is 31.2. The Balaban J connectivity index is 1.99. The van der Waals surface area contributed by atoms with Crippen LogP contribution >= 0.6 is 7.60 Å². The predicted octanol–water partition coefficient (Wildman–Crippen LogP) is 3.72. The zero-order valence-corrected chi connectivity index (χ0v) is 18.2. The summed E-state index contributed by atoms with van der Waals surface area (Å²) in [5.41, 5.74) is 1.77. The lowest BCUT2D eigenvalue weighted by Crippen LogP contribution is -2.40. The minimum atomic E-state index is -4.27. The fraction of sp³-hybridized carbons (Fsp3) is 0.167. The molecule has 0 aliphatic rings. The van der Waals surface area contributed by atoms with Gasteiger partial charge < -0.3 is 14.9 Å². The maximum atomic E-state index is 11.4. The third-order valence-corrected chi connectivity index (χ3v) is 6.30. The minimum absolute atomic E-state index is 0.141. The van der Waals surface area contributed by atoms with Gasteiger partial charge in [0, 0.05) is 0 Å². The van der Waals surface area contributed by atoms with E-state index in [1.54, 1.807) is 4.68 Å². The number of rotatable bonds is 8. The average Bonchev–Trinajstić information content (AvgIpc) is 3.30. The zero-order chi connectivity index (χ0) is 22.6. The molecule has 1 atom stereocenters. The van der Waals surface area contributed by atoms with Crippen LogP contribution in [0.5, 0.6) is 0 Å². The third-order valence-electron chi connectivity index (χ3n) is 5.46. The van der Waals surface area contributed by atoms with Crippen molar-refractivity contribution < 1.29 is 19.5 Å². The van der Waals surface area contributed by atoms with E-state index in [-0.39, 0.29) is 12.2 Å². The highest BCUT2D eigenvalue weighted by Crippen LogP contribution is 2.42. The van der Waals surface area contributed by atoms with E-state index in [0.717, 1.165) is 16.7 Å². The van der Waals surface area contributed by atoms with Gasteiger partial charge in [0.1, 0.15) is 18.0 Å². The molecule has 0 aliphatic carbocycles. The number of benzene rings is 3. The molecule has 0 radical (unpaired) electrons. The maximum Gasteiger partial charge on any atom is 0.325 e. The molecule has 0 amide bonds. The van der Waals surface area contributed by atoms with Gasteiger partial charge in [0.05, 0.1) is 6.16 Å². The van der Waals surface area contributed by atoms with Gasteiger partial charge in [-0.25, -0.2) is 9.67 Å².